The van der Waals surface area contributed by atoms with E-state index in [0.717, 1.165) is 49.8 Å². The van der Waals surface area contributed by atoms with Gasteiger partial charge in [-0.1, -0.05) is 6.07 Å². The molecule has 1 aromatic carbocycles. The van der Waals surface area contributed by atoms with E-state index in [9.17, 15) is 18.0 Å². The molecule has 1 saturated heterocycles. The Balaban J connectivity index is 0.00000289. The predicted molar refractivity (Wildman–Crippen MR) is 113 cm³/mol. The van der Waals surface area contributed by atoms with Crippen LogP contribution in [0, 0.1) is 23.4 Å². The van der Waals surface area contributed by atoms with Gasteiger partial charge in [-0.15, -0.1) is 12.4 Å². The van der Waals surface area contributed by atoms with Gasteiger partial charge in [0.05, 0.1) is 18.4 Å². The van der Waals surface area contributed by atoms with Crippen molar-refractivity contribution in [1.29, 1.82) is 0 Å². The van der Waals surface area contributed by atoms with Gasteiger partial charge in [-0.2, -0.15) is 4.98 Å². The minimum atomic E-state index is -0.988. The summed E-state index contributed by atoms with van der Waals surface area (Å²) in [7, 11) is 0. The summed E-state index contributed by atoms with van der Waals surface area (Å²) < 4.78 is 48.1. The molecule has 168 valence electrons. The van der Waals surface area contributed by atoms with Gasteiger partial charge in [-0.05, 0) is 37.2 Å². The molecule has 3 heterocycles. The number of hydrogen-bond acceptors (Lipinski definition) is 6. The predicted octanol–water partition coefficient (Wildman–Crippen LogP) is 3.62. The molecule has 1 fully saturated rings. The van der Waals surface area contributed by atoms with Gasteiger partial charge in [0.2, 0.25) is 5.88 Å². The third kappa shape index (κ3) is 5.14. The van der Waals surface area contributed by atoms with E-state index in [2.05, 4.69) is 25.6 Å². The fourth-order valence-corrected chi connectivity index (χ4v) is 3.23. The van der Waals surface area contributed by atoms with Gasteiger partial charge in [-0.3, -0.25) is 4.79 Å². The van der Waals surface area contributed by atoms with Gasteiger partial charge in [0, 0.05) is 12.5 Å². The molecule has 2 N–H and O–H groups in total. The number of nitrogens with one attached hydrogen (secondary N) is 2. The van der Waals surface area contributed by atoms with Crippen molar-refractivity contribution < 1.29 is 22.7 Å². The standard InChI is InChI=1S/C21H18F3N5O2.ClH/c22-13-2-1-3-14(23)18(13)19-15(24)4-5-16(28-19)20(30)29-17-9-26-11-27-21(17)31-10-12-6-7-25-8-12;/h1-5,9,11-12,25H,6-8,10H2,(H,29,30);1H. The maximum atomic E-state index is 14.2. The third-order valence-corrected chi connectivity index (χ3v) is 4.82. The van der Waals surface area contributed by atoms with E-state index in [1.54, 1.807) is 0 Å². The number of rotatable bonds is 6. The van der Waals surface area contributed by atoms with Crippen LogP contribution in [0.15, 0.2) is 42.9 Å². The Morgan fingerprint density at radius 2 is 1.94 bits per heavy atom. The summed E-state index contributed by atoms with van der Waals surface area (Å²) >= 11 is 0. The smallest absolute Gasteiger partial charge is 0.274 e. The Labute approximate surface area is 187 Å². The molecule has 7 nitrogen and oxygen atoms in total. The summed E-state index contributed by atoms with van der Waals surface area (Å²) in [6, 6.07) is 5.16. The molecule has 0 spiro atoms. The van der Waals surface area contributed by atoms with E-state index < -0.39 is 34.6 Å². The fourth-order valence-electron chi connectivity index (χ4n) is 3.23. The topological polar surface area (TPSA) is 89.0 Å². The minimum Gasteiger partial charge on any atom is -0.476 e. The van der Waals surface area contributed by atoms with Crippen LogP contribution < -0.4 is 15.4 Å². The van der Waals surface area contributed by atoms with Crippen molar-refractivity contribution >= 4 is 24.0 Å². The van der Waals surface area contributed by atoms with E-state index in [4.69, 9.17) is 4.74 Å². The summed E-state index contributed by atoms with van der Waals surface area (Å²) in [5, 5.41) is 5.79. The molecular weight excluding hydrogens is 447 g/mol. The van der Waals surface area contributed by atoms with E-state index in [-0.39, 0.29) is 29.7 Å². The lowest BCUT2D eigenvalue weighted by atomic mass is 10.1. The number of benzene rings is 1. The van der Waals surface area contributed by atoms with Crippen LogP contribution in [0.3, 0.4) is 0 Å². The number of anilines is 1. The maximum Gasteiger partial charge on any atom is 0.274 e. The molecule has 11 heteroatoms. The molecule has 1 aliphatic heterocycles. The highest BCUT2D eigenvalue weighted by Crippen LogP contribution is 2.27. The molecule has 1 atom stereocenters. The van der Waals surface area contributed by atoms with Gasteiger partial charge in [-0.25, -0.2) is 23.1 Å². The number of carbonyl (C=O) groups excluding carboxylic acids is 1. The normalized spacial score (nSPS) is 15.2. The molecule has 0 bridgehead atoms. The molecule has 1 amide bonds. The molecule has 3 aromatic rings. The maximum absolute atomic E-state index is 14.2. The number of halogens is 4. The highest BCUT2D eigenvalue weighted by Gasteiger charge is 2.21. The van der Waals surface area contributed by atoms with Crippen LogP contribution in [0.4, 0.5) is 18.9 Å². The van der Waals surface area contributed by atoms with Crippen LogP contribution in [0.2, 0.25) is 0 Å². The molecule has 0 saturated carbocycles. The second-order valence-electron chi connectivity index (χ2n) is 6.99. The van der Waals surface area contributed by atoms with Gasteiger partial charge in [0.15, 0.2) is 0 Å². The Kier molecular flexibility index (Phi) is 7.60. The Hall–Kier alpha value is -3.24. The number of hydrogen-bond donors (Lipinski definition) is 2. The van der Waals surface area contributed by atoms with Crippen molar-refractivity contribution in [1.82, 2.24) is 20.3 Å². The highest BCUT2D eigenvalue weighted by molar-refractivity contribution is 6.03. The van der Waals surface area contributed by atoms with Crippen molar-refractivity contribution in [2.45, 2.75) is 6.42 Å². The first kappa shape index (κ1) is 23.4. The average Bonchev–Trinajstić information content (AvgIpc) is 3.28. The van der Waals surface area contributed by atoms with Crippen molar-refractivity contribution in [2.75, 3.05) is 25.0 Å². The van der Waals surface area contributed by atoms with Crippen LogP contribution >= 0.6 is 12.4 Å². The first-order valence-electron chi connectivity index (χ1n) is 9.58. The van der Waals surface area contributed by atoms with Crippen LogP contribution in [-0.4, -0.2) is 40.6 Å². The molecule has 32 heavy (non-hydrogen) atoms. The molecule has 1 aliphatic rings. The largest absolute Gasteiger partial charge is 0.476 e. The van der Waals surface area contributed by atoms with E-state index in [0.29, 0.717) is 12.5 Å². The van der Waals surface area contributed by atoms with E-state index >= 15 is 0 Å². The fraction of sp³-hybridized carbons (Fsp3) is 0.238. The molecule has 0 radical (unpaired) electrons. The number of aromatic nitrogens is 3. The number of carbonyl (C=O) groups is 1. The van der Waals surface area contributed by atoms with Crippen molar-refractivity contribution in [3.05, 3.63) is 66.0 Å². The molecule has 1 unspecified atom stereocenters. The first-order chi connectivity index (χ1) is 15.0. The summed E-state index contributed by atoms with van der Waals surface area (Å²) in [5.41, 5.74) is -1.29. The lowest BCUT2D eigenvalue weighted by Crippen LogP contribution is -2.18. The van der Waals surface area contributed by atoms with Crippen molar-refractivity contribution in [3.63, 3.8) is 0 Å². The monoisotopic (exact) mass is 465 g/mol. The number of amides is 1. The van der Waals surface area contributed by atoms with Crippen molar-refractivity contribution in [2.24, 2.45) is 5.92 Å². The number of nitrogens with zero attached hydrogens (tertiary/aromatic N) is 3. The average molecular weight is 466 g/mol. The van der Waals surface area contributed by atoms with Gasteiger partial charge in [0.25, 0.3) is 5.91 Å². The third-order valence-electron chi connectivity index (χ3n) is 4.82. The zero-order valence-corrected chi connectivity index (χ0v) is 17.5. The molecular formula is C21H19ClF3N5O2. The van der Waals surface area contributed by atoms with Gasteiger partial charge < -0.3 is 15.4 Å². The lowest BCUT2D eigenvalue weighted by molar-refractivity contribution is 0.102. The Bertz CT molecular complexity index is 1090. The second kappa shape index (κ2) is 10.4. The van der Waals surface area contributed by atoms with Crippen LogP contribution in [0.25, 0.3) is 11.3 Å². The van der Waals surface area contributed by atoms with Crippen LogP contribution in [0.5, 0.6) is 5.88 Å². The summed E-state index contributed by atoms with van der Waals surface area (Å²) in [4.78, 5) is 24.4. The summed E-state index contributed by atoms with van der Waals surface area (Å²) in [6.45, 7) is 2.17. The lowest BCUT2D eigenvalue weighted by Gasteiger charge is -2.13. The Morgan fingerprint density at radius 3 is 2.66 bits per heavy atom. The highest BCUT2D eigenvalue weighted by atomic mass is 35.5. The van der Waals surface area contributed by atoms with Crippen LogP contribution in [-0.2, 0) is 0 Å². The molecule has 0 aliphatic carbocycles. The zero-order valence-electron chi connectivity index (χ0n) is 16.6. The van der Waals surface area contributed by atoms with Gasteiger partial charge in [0.1, 0.15) is 40.9 Å². The quantitative estimate of drug-likeness (QED) is 0.578. The number of pyridine rings is 1. The molecule has 2 aromatic heterocycles. The van der Waals surface area contributed by atoms with Crippen LogP contribution in [0.1, 0.15) is 16.9 Å². The minimum absolute atomic E-state index is 0. The Morgan fingerprint density at radius 1 is 1.16 bits per heavy atom. The summed E-state index contributed by atoms with van der Waals surface area (Å²) in [6.07, 6.45) is 3.61. The van der Waals surface area contributed by atoms with E-state index in [1.807, 2.05) is 0 Å². The second-order valence-corrected chi connectivity index (χ2v) is 6.99. The molecule has 4 rings (SSSR count). The zero-order chi connectivity index (χ0) is 21.8. The van der Waals surface area contributed by atoms with E-state index in [1.165, 1.54) is 12.5 Å². The summed E-state index contributed by atoms with van der Waals surface area (Å²) in [5.74, 6) is -3.17. The first-order valence-corrected chi connectivity index (χ1v) is 9.58. The number of ether oxygens (including phenoxy) is 1. The SMILES string of the molecule is Cl.O=C(Nc1cncnc1OCC1CCNC1)c1ccc(F)c(-c2c(F)cccc2F)n1. The van der Waals surface area contributed by atoms with Gasteiger partial charge >= 0.3 is 0 Å². The van der Waals surface area contributed by atoms with Crippen molar-refractivity contribution in [3.8, 4) is 17.1 Å².